The van der Waals surface area contributed by atoms with E-state index in [9.17, 15) is 4.79 Å². The summed E-state index contributed by atoms with van der Waals surface area (Å²) in [6, 6.07) is 12.9. The van der Waals surface area contributed by atoms with Gasteiger partial charge in [0, 0.05) is 30.9 Å². The van der Waals surface area contributed by atoms with Crippen LogP contribution in [-0.4, -0.2) is 39.0 Å². The number of primary amides is 1. The number of fused-ring (bicyclic) bond motifs is 3. The van der Waals surface area contributed by atoms with Crippen LogP contribution >= 0.6 is 11.3 Å². The Bertz CT molecular complexity index is 974. The van der Waals surface area contributed by atoms with E-state index >= 15 is 0 Å². The average molecular weight is 410 g/mol. The molecular formula is C21H23N5O2S. The molecule has 2 fully saturated rings. The summed E-state index contributed by atoms with van der Waals surface area (Å²) in [5.74, 6) is 0.778. The van der Waals surface area contributed by atoms with Gasteiger partial charge in [0.2, 0.25) is 0 Å². The molecular weight excluding hydrogens is 386 g/mol. The molecule has 3 atom stereocenters. The predicted molar refractivity (Wildman–Crippen MR) is 112 cm³/mol. The molecule has 1 unspecified atom stereocenters. The van der Waals surface area contributed by atoms with Gasteiger partial charge in [0.05, 0.1) is 4.70 Å². The number of piperidine rings is 1. The number of urea groups is 1. The van der Waals surface area contributed by atoms with Crippen LogP contribution in [0, 0.1) is 0 Å². The summed E-state index contributed by atoms with van der Waals surface area (Å²) in [7, 11) is 0. The number of carbonyl (C=O) groups is 1. The summed E-state index contributed by atoms with van der Waals surface area (Å²) in [5.41, 5.74) is 7.28. The maximum atomic E-state index is 11.2. The topological polar surface area (TPSA) is 93.4 Å². The zero-order valence-electron chi connectivity index (χ0n) is 16.0. The number of ether oxygens (including phenoxy) is 1. The van der Waals surface area contributed by atoms with Crippen LogP contribution in [0.3, 0.4) is 0 Å². The molecule has 2 saturated heterocycles. The van der Waals surface area contributed by atoms with Gasteiger partial charge < -0.3 is 15.8 Å². The molecule has 2 aromatic heterocycles. The Morgan fingerprint density at radius 1 is 1.21 bits per heavy atom. The lowest BCUT2D eigenvalue weighted by Gasteiger charge is -2.39. The van der Waals surface area contributed by atoms with E-state index in [0.29, 0.717) is 22.9 Å². The summed E-state index contributed by atoms with van der Waals surface area (Å²) in [5, 5.41) is 3.50. The predicted octanol–water partition coefficient (Wildman–Crippen LogP) is 3.65. The zero-order chi connectivity index (χ0) is 19.8. The van der Waals surface area contributed by atoms with Gasteiger partial charge in [0.15, 0.2) is 5.65 Å². The van der Waals surface area contributed by atoms with E-state index < -0.39 is 6.03 Å². The van der Waals surface area contributed by atoms with Gasteiger partial charge in [-0.3, -0.25) is 4.90 Å². The van der Waals surface area contributed by atoms with E-state index in [2.05, 4.69) is 32.3 Å². The number of hydrogen-bond acceptors (Lipinski definition) is 6. The molecule has 150 valence electrons. The Balaban J connectivity index is 1.22. The largest absolute Gasteiger partial charge is 0.431 e. The standard InChI is InChI=1S/C21H23N5O2S/c22-20(27)24-14-10-15-5-6-16(11-14)26(15)12-13-3-7-17(8-4-13)28-21-25-19-18(29-21)2-1-9-23-19/h1-4,7-9,14-16H,5-6,10-12H2,(H3,22,24,27)/t14?,15-,16+. The zero-order valence-corrected chi connectivity index (χ0v) is 16.8. The van der Waals surface area contributed by atoms with Crippen LogP contribution in [0.15, 0.2) is 42.6 Å². The molecule has 5 rings (SSSR count). The molecule has 2 aliphatic rings. The van der Waals surface area contributed by atoms with Gasteiger partial charge in [-0.1, -0.05) is 23.5 Å². The number of carbonyl (C=O) groups excluding carboxylic acids is 1. The maximum absolute atomic E-state index is 11.2. The number of benzene rings is 1. The highest BCUT2D eigenvalue weighted by atomic mass is 32.1. The van der Waals surface area contributed by atoms with Crippen molar-refractivity contribution < 1.29 is 9.53 Å². The van der Waals surface area contributed by atoms with Gasteiger partial charge in [-0.05, 0) is 55.5 Å². The Morgan fingerprint density at radius 2 is 1.97 bits per heavy atom. The van der Waals surface area contributed by atoms with Crippen LogP contribution < -0.4 is 15.8 Å². The number of amides is 2. The number of aromatic nitrogens is 2. The molecule has 0 spiro atoms. The maximum Gasteiger partial charge on any atom is 0.312 e. The van der Waals surface area contributed by atoms with Gasteiger partial charge in [0.25, 0.3) is 5.19 Å². The first-order valence-electron chi connectivity index (χ1n) is 9.94. The molecule has 3 aromatic rings. The minimum atomic E-state index is -0.414. The van der Waals surface area contributed by atoms with E-state index in [1.165, 1.54) is 29.7 Å². The fraction of sp³-hybridized carbons (Fsp3) is 0.381. The molecule has 4 heterocycles. The third kappa shape index (κ3) is 3.90. The Kier molecular flexibility index (Phi) is 4.81. The molecule has 2 amide bonds. The number of thiazole rings is 1. The Morgan fingerprint density at radius 3 is 2.66 bits per heavy atom. The minimum absolute atomic E-state index is 0.209. The second-order valence-corrected chi connectivity index (χ2v) is 8.78. The van der Waals surface area contributed by atoms with Gasteiger partial charge in [-0.25, -0.2) is 9.78 Å². The normalized spacial score (nSPS) is 23.9. The first-order valence-corrected chi connectivity index (χ1v) is 10.8. The second-order valence-electron chi connectivity index (χ2n) is 7.79. The highest BCUT2D eigenvalue weighted by Crippen LogP contribution is 2.37. The van der Waals surface area contributed by atoms with Crippen LogP contribution in [0.1, 0.15) is 31.2 Å². The summed E-state index contributed by atoms with van der Waals surface area (Å²) >= 11 is 1.50. The van der Waals surface area contributed by atoms with E-state index in [1.54, 1.807) is 6.20 Å². The molecule has 2 bridgehead atoms. The summed E-state index contributed by atoms with van der Waals surface area (Å²) < 4.78 is 6.93. The van der Waals surface area contributed by atoms with Crippen LogP contribution in [0.5, 0.6) is 10.9 Å². The number of nitrogens with one attached hydrogen (secondary N) is 1. The molecule has 0 aliphatic carbocycles. The molecule has 3 N–H and O–H groups in total. The highest BCUT2D eigenvalue weighted by molar-refractivity contribution is 7.20. The van der Waals surface area contributed by atoms with Crippen LogP contribution in [0.4, 0.5) is 4.79 Å². The number of pyridine rings is 1. The molecule has 1 aromatic carbocycles. The molecule has 2 aliphatic heterocycles. The first kappa shape index (κ1) is 18.3. The molecule has 0 saturated carbocycles. The van der Waals surface area contributed by atoms with Crippen LogP contribution in [-0.2, 0) is 6.54 Å². The van der Waals surface area contributed by atoms with Crippen molar-refractivity contribution in [1.82, 2.24) is 20.2 Å². The Labute approximate surface area is 172 Å². The van der Waals surface area contributed by atoms with E-state index in [1.807, 2.05) is 24.3 Å². The van der Waals surface area contributed by atoms with Crippen molar-refractivity contribution in [3.63, 3.8) is 0 Å². The van der Waals surface area contributed by atoms with E-state index in [0.717, 1.165) is 29.8 Å². The molecule has 29 heavy (non-hydrogen) atoms. The molecule has 7 nitrogen and oxygen atoms in total. The number of nitrogens with zero attached hydrogens (tertiary/aromatic N) is 3. The van der Waals surface area contributed by atoms with Gasteiger partial charge in [0.1, 0.15) is 5.75 Å². The monoisotopic (exact) mass is 409 g/mol. The highest BCUT2D eigenvalue weighted by Gasteiger charge is 2.40. The third-order valence-corrected chi connectivity index (χ3v) is 6.76. The number of rotatable bonds is 5. The number of nitrogens with two attached hydrogens (primary N) is 1. The van der Waals surface area contributed by atoms with Crippen molar-refractivity contribution in [2.24, 2.45) is 5.73 Å². The average Bonchev–Trinajstić information content (AvgIpc) is 3.20. The number of hydrogen-bond donors (Lipinski definition) is 2. The van der Waals surface area contributed by atoms with Gasteiger partial charge in [-0.15, -0.1) is 0 Å². The lowest BCUT2D eigenvalue weighted by Crippen LogP contribution is -2.51. The smallest absolute Gasteiger partial charge is 0.312 e. The Hall–Kier alpha value is -2.71. The van der Waals surface area contributed by atoms with Gasteiger partial charge >= 0.3 is 6.03 Å². The summed E-state index contributed by atoms with van der Waals surface area (Å²) in [4.78, 5) is 22.4. The fourth-order valence-electron chi connectivity index (χ4n) is 4.62. The fourth-order valence-corrected chi connectivity index (χ4v) is 5.41. The SMILES string of the molecule is NC(=O)NC1C[C@H]2CC[C@@H](C1)N2Cc1ccc(Oc2nc3ncccc3s2)cc1. The molecule has 8 heteroatoms. The van der Waals surface area contributed by atoms with Crippen molar-refractivity contribution in [1.29, 1.82) is 0 Å². The van der Waals surface area contributed by atoms with E-state index in [-0.39, 0.29) is 6.04 Å². The van der Waals surface area contributed by atoms with E-state index in [4.69, 9.17) is 10.5 Å². The van der Waals surface area contributed by atoms with Gasteiger partial charge in [-0.2, -0.15) is 4.98 Å². The van der Waals surface area contributed by atoms with Crippen molar-refractivity contribution in [2.45, 2.75) is 50.4 Å². The van der Waals surface area contributed by atoms with Crippen molar-refractivity contribution in [3.8, 4) is 10.9 Å². The minimum Gasteiger partial charge on any atom is -0.431 e. The second kappa shape index (κ2) is 7.61. The van der Waals surface area contributed by atoms with Crippen molar-refractivity contribution in [3.05, 3.63) is 48.2 Å². The quantitative estimate of drug-likeness (QED) is 0.671. The lowest BCUT2D eigenvalue weighted by atomic mass is 9.96. The van der Waals surface area contributed by atoms with Crippen molar-refractivity contribution >= 4 is 27.7 Å². The van der Waals surface area contributed by atoms with Crippen LogP contribution in [0.2, 0.25) is 0 Å². The summed E-state index contributed by atoms with van der Waals surface area (Å²) in [6.07, 6.45) is 6.07. The summed E-state index contributed by atoms with van der Waals surface area (Å²) in [6.45, 7) is 0.921. The lowest BCUT2D eigenvalue weighted by molar-refractivity contribution is 0.112. The molecule has 0 radical (unpaired) electrons. The van der Waals surface area contributed by atoms with Crippen molar-refractivity contribution in [2.75, 3.05) is 0 Å². The first-order chi connectivity index (χ1) is 14.1. The third-order valence-electron chi connectivity index (χ3n) is 5.87. The van der Waals surface area contributed by atoms with Crippen LogP contribution in [0.25, 0.3) is 10.3 Å².